The summed E-state index contributed by atoms with van der Waals surface area (Å²) < 4.78 is 28.3. The molecule has 1 atom stereocenters. The van der Waals surface area contributed by atoms with Crippen molar-refractivity contribution in [2.45, 2.75) is 80.9 Å². The summed E-state index contributed by atoms with van der Waals surface area (Å²) in [6.07, 6.45) is 9.94. The molecule has 0 radical (unpaired) electrons. The van der Waals surface area contributed by atoms with Gasteiger partial charge in [0.1, 0.15) is 0 Å². The van der Waals surface area contributed by atoms with E-state index in [9.17, 15) is 8.42 Å². The van der Waals surface area contributed by atoms with E-state index in [1.165, 1.54) is 44.9 Å². The summed E-state index contributed by atoms with van der Waals surface area (Å²) in [5.74, 6) is 0. The largest absolute Gasteiger partial charge is 0.310 e. The summed E-state index contributed by atoms with van der Waals surface area (Å²) in [5.41, 5.74) is 1.15. The molecule has 0 spiro atoms. The second-order valence-corrected chi connectivity index (χ2v) is 9.91. The molecule has 0 amide bonds. The molecular formula is C20H31N3O2S. The molecule has 2 aliphatic carbocycles. The number of nitrogens with zero attached hydrogens (tertiary/aromatic N) is 1. The zero-order chi connectivity index (χ0) is 18.0. The number of sulfonamides is 1. The summed E-state index contributed by atoms with van der Waals surface area (Å²) in [4.78, 5) is 2.83. The molecule has 1 heterocycles. The molecule has 2 saturated carbocycles. The molecule has 1 aromatic carbocycles. The highest BCUT2D eigenvalue weighted by Gasteiger charge is 2.33. The number of rotatable bonds is 7. The van der Waals surface area contributed by atoms with Crippen LogP contribution in [0.3, 0.4) is 0 Å². The van der Waals surface area contributed by atoms with Crippen molar-refractivity contribution >= 4 is 10.0 Å². The molecule has 5 nitrogen and oxygen atoms in total. The Morgan fingerprint density at radius 3 is 2.31 bits per heavy atom. The van der Waals surface area contributed by atoms with Crippen LogP contribution in [0, 0.1) is 0 Å². The van der Waals surface area contributed by atoms with Gasteiger partial charge in [0.15, 0.2) is 0 Å². The lowest BCUT2D eigenvalue weighted by Crippen LogP contribution is -2.42. The average molecular weight is 378 g/mol. The molecular weight excluding hydrogens is 346 g/mol. The zero-order valence-corrected chi connectivity index (χ0v) is 16.3. The molecule has 6 heteroatoms. The maximum atomic E-state index is 12.7. The molecule has 4 rings (SSSR count). The third-order valence-electron chi connectivity index (χ3n) is 6.32. The Bertz CT molecular complexity index is 694. The normalized spacial score (nSPS) is 25.6. The van der Waals surface area contributed by atoms with Crippen molar-refractivity contribution in [3.8, 4) is 0 Å². The van der Waals surface area contributed by atoms with E-state index in [4.69, 9.17) is 0 Å². The molecule has 0 bridgehead atoms. The summed E-state index contributed by atoms with van der Waals surface area (Å²) in [7, 11) is -3.43. The summed E-state index contributed by atoms with van der Waals surface area (Å²) >= 11 is 0. The number of hydrogen-bond donors (Lipinski definition) is 2. The van der Waals surface area contributed by atoms with E-state index in [1.54, 1.807) is 12.1 Å². The van der Waals surface area contributed by atoms with Gasteiger partial charge < -0.3 is 5.32 Å². The first-order valence-corrected chi connectivity index (χ1v) is 11.7. The van der Waals surface area contributed by atoms with Gasteiger partial charge in [0.05, 0.1) is 4.90 Å². The minimum absolute atomic E-state index is 0.0457. The van der Waals surface area contributed by atoms with Crippen LogP contribution in [0.25, 0.3) is 0 Å². The van der Waals surface area contributed by atoms with Gasteiger partial charge in [-0.2, -0.15) is 0 Å². The van der Waals surface area contributed by atoms with E-state index in [2.05, 4.69) is 14.9 Å². The van der Waals surface area contributed by atoms with Crippen molar-refractivity contribution in [1.29, 1.82) is 0 Å². The predicted molar refractivity (Wildman–Crippen MR) is 103 cm³/mol. The lowest BCUT2D eigenvalue weighted by atomic mass is 9.92. The second kappa shape index (κ2) is 7.97. The molecule has 1 aliphatic heterocycles. The second-order valence-electron chi connectivity index (χ2n) is 8.19. The number of nitrogens with one attached hydrogen (secondary N) is 2. The predicted octanol–water partition coefficient (Wildman–Crippen LogP) is 2.62. The fraction of sp³-hybridized carbons (Fsp3) is 0.700. The zero-order valence-electron chi connectivity index (χ0n) is 15.5. The fourth-order valence-corrected chi connectivity index (χ4v) is 5.69. The van der Waals surface area contributed by atoms with Crippen LogP contribution in [0.5, 0.6) is 0 Å². The standard InChI is InChI=1S/C20H31N3O2S/c24-26(25,22-18-12-13-23(15-18)19-6-3-7-19)20-10-8-16(9-11-20)14-21-17-4-1-2-5-17/h8-11,17-19,21-22H,1-7,12-15H2/t18-/m0/s1. The number of hydrogen-bond acceptors (Lipinski definition) is 4. The molecule has 3 aliphatic rings. The van der Waals surface area contributed by atoms with Gasteiger partial charge in [-0.05, 0) is 49.8 Å². The van der Waals surface area contributed by atoms with Gasteiger partial charge >= 0.3 is 0 Å². The van der Waals surface area contributed by atoms with E-state index in [0.29, 0.717) is 17.0 Å². The molecule has 1 aromatic rings. The molecule has 2 N–H and O–H groups in total. The summed E-state index contributed by atoms with van der Waals surface area (Å²) in [6, 6.07) is 8.72. The summed E-state index contributed by atoms with van der Waals surface area (Å²) in [6.45, 7) is 2.69. The third kappa shape index (κ3) is 4.30. The van der Waals surface area contributed by atoms with Gasteiger partial charge in [0.2, 0.25) is 10.0 Å². The van der Waals surface area contributed by atoms with Gasteiger partial charge in [-0.1, -0.05) is 31.4 Å². The Labute approximate surface area is 157 Å². The average Bonchev–Trinajstić information content (AvgIpc) is 3.24. The van der Waals surface area contributed by atoms with Crippen LogP contribution in [0.4, 0.5) is 0 Å². The Morgan fingerprint density at radius 1 is 0.923 bits per heavy atom. The maximum Gasteiger partial charge on any atom is 0.240 e. The van der Waals surface area contributed by atoms with Crippen LogP contribution in [0.15, 0.2) is 29.2 Å². The lowest BCUT2D eigenvalue weighted by Gasteiger charge is -2.34. The summed E-state index contributed by atoms with van der Waals surface area (Å²) in [5, 5.41) is 3.57. The smallest absolute Gasteiger partial charge is 0.240 e. The van der Waals surface area contributed by atoms with Gasteiger partial charge in [-0.15, -0.1) is 0 Å². The minimum Gasteiger partial charge on any atom is -0.310 e. The minimum atomic E-state index is -3.43. The van der Waals surface area contributed by atoms with E-state index in [1.807, 2.05) is 12.1 Å². The molecule has 1 saturated heterocycles. The van der Waals surface area contributed by atoms with E-state index in [-0.39, 0.29) is 6.04 Å². The molecule has 0 unspecified atom stereocenters. The van der Waals surface area contributed by atoms with Gasteiger partial charge in [0.25, 0.3) is 0 Å². The van der Waals surface area contributed by atoms with Gasteiger partial charge in [-0.3, -0.25) is 4.90 Å². The van der Waals surface area contributed by atoms with Crippen molar-refractivity contribution in [3.05, 3.63) is 29.8 Å². The fourth-order valence-electron chi connectivity index (χ4n) is 4.43. The first kappa shape index (κ1) is 18.4. The van der Waals surface area contributed by atoms with Gasteiger partial charge in [-0.25, -0.2) is 13.1 Å². The Morgan fingerprint density at radius 2 is 1.65 bits per heavy atom. The van der Waals surface area contributed by atoms with Crippen LogP contribution >= 0.6 is 0 Å². The highest BCUT2D eigenvalue weighted by molar-refractivity contribution is 7.89. The van der Waals surface area contributed by atoms with E-state index in [0.717, 1.165) is 31.6 Å². The van der Waals surface area contributed by atoms with Gasteiger partial charge in [0, 0.05) is 37.8 Å². The monoisotopic (exact) mass is 377 g/mol. The first-order chi connectivity index (χ1) is 12.6. The van der Waals surface area contributed by atoms with E-state index >= 15 is 0 Å². The van der Waals surface area contributed by atoms with Crippen LogP contribution < -0.4 is 10.0 Å². The highest BCUT2D eigenvalue weighted by atomic mass is 32.2. The maximum absolute atomic E-state index is 12.7. The SMILES string of the molecule is O=S(=O)(N[C@H]1CCN(C2CCC2)C1)c1ccc(CNC2CCCC2)cc1. The van der Waals surface area contributed by atoms with Crippen molar-refractivity contribution in [1.82, 2.24) is 14.9 Å². The quantitative estimate of drug-likeness (QED) is 0.767. The van der Waals surface area contributed by atoms with Crippen LogP contribution in [0.2, 0.25) is 0 Å². The molecule has 26 heavy (non-hydrogen) atoms. The Kier molecular flexibility index (Phi) is 5.64. The Hall–Kier alpha value is -0.950. The van der Waals surface area contributed by atoms with Crippen LogP contribution in [-0.2, 0) is 16.6 Å². The number of benzene rings is 1. The van der Waals surface area contributed by atoms with E-state index < -0.39 is 10.0 Å². The van der Waals surface area contributed by atoms with Crippen molar-refractivity contribution in [2.75, 3.05) is 13.1 Å². The Balaban J connectivity index is 1.30. The molecule has 144 valence electrons. The first-order valence-electron chi connectivity index (χ1n) is 10.2. The highest BCUT2D eigenvalue weighted by Crippen LogP contribution is 2.28. The number of likely N-dealkylation sites (tertiary alicyclic amines) is 1. The van der Waals surface area contributed by atoms with Crippen LogP contribution in [-0.4, -0.2) is 44.5 Å². The molecule has 3 fully saturated rings. The van der Waals surface area contributed by atoms with Crippen molar-refractivity contribution < 1.29 is 8.42 Å². The van der Waals surface area contributed by atoms with Crippen molar-refractivity contribution in [3.63, 3.8) is 0 Å². The van der Waals surface area contributed by atoms with Crippen LogP contribution in [0.1, 0.15) is 56.9 Å². The van der Waals surface area contributed by atoms with Crippen molar-refractivity contribution in [2.24, 2.45) is 0 Å². The third-order valence-corrected chi connectivity index (χ3v) is 7.85. The topological polar surface area (TPSA) is 61.4 Å². The lowest BCUT2D eigenvalue weighted by molar-refractivity contribution is 0.156. The molecule has 0 aromatic heterocycles.